The summed E-state index contributed by atoms with van der Waals surface area (Å²) >= 11 is 7.53. The minimum Gasteiger partial charge on any atom is -0.503 e. The summed E-state index contributed by atoms with van der Waals surface area (Å²) in [6.07, 6.45) is 2.29. The van der Waals surface area contributed by atoms with E-state index < -0.39 is 29.0 Å². The van der Waals surface area contributed by atoms with E-state index in [-0.39, 0.29) is 11.3 Å². The highest BCUT2D eigenvalue weighted by Gasteiger charge is 2.47. The van der Waals surface area contributed by atoms with Gasteiger partial charge in [-0.25, -0.2) is 0 Å². The first-order valence-electron chi connectivity index (χ1n) is 9.50. The maximum Gasteiger partial charge on any atom is 0.292 e. The first-order chi connectivity index (χ1) is 13.9. The van der Waals surface area contributed by atoms with Gasteiger partial charge in [0.05, 0.1) is 17.3 Å². The third kappa shape index (κ3) is 3.53. The fourth-order valence-electron chi connectivity index (χ4n) is 3.70. The number of rotatable bonds is 6. The van der Waals surface area contributed by atoms with Gasteiger partial charge in [-0.1, -0.05) is 43.1 Å². The van der Waals surface area contributed by atoms with Gasteiger partial charge in [-0.2, -0.15) is 0 Å². The summed E-state index contributed by atoms with van der Waals surface area (Å²) in [5.41, 5.74) is 0.533. The molecule has 2 aliphatic heterocycles. The average molecular weight is 433 g/mol. The highest BCUT2D eigenvalue weighted by atomic mass is 35.5. The Hall–Kier alpha value is -2.38. The monoisotopic (exact) mass is 432 g/mol. The molecule has 0 radical (unpaired) electrons. The number of carbonyl (C=O) groups is 2. The molecule has 3 heterocycles. The Labute approximate surface area is 177 Å². The molecule has 2 aromatic rings. The third-order valence-corrected chi connectivity index (χ3v) is 6.51. The van der Waals surface area contributed by atoms with Gasteiger partial charge in [0.2, 0.25) is 5.78 Å². The Morgan fingerprint density at radius 3 is 2.83 bits per heavy atom. The molecule has 2 aliphatic rings. The number of furan rings is 1. The molecule has 2 N–H and O–H groups in total. The molecule has 0 bridgehead atoms. The number of Topliss-reactive ketones (excluding diaryl/α,β-unsaturated/α-hetero) is 1. The van der Waals surface area contributed by atoms with Gasteiger partial charge in [0.1, 0.15) is 5.76 Å². The van der Waals surface area contributed by atoms with E-state index in [9.17, 15) is 14.7 Å². The fourth-order valence-corrected chi connectivity index (χ4v) is 5.17. The van der Waals surface area contributed by atoms with Crippen LogP contribution in [0.1, 0.15) is 42.5 Å². The molecular weight excluding hydrogens is 412 g/mol. The second-order valence-electron chi connectivity index (χ2n) is 7.13. The molecule has 29 heavy (non-hydrogen) atoms. The number of ketones is 1. The van der Waals surface area contributed by atoms with Crippen LogP contribution in [0, 0.1) is 6.92 Å². The zero-order chi connectivity index (χ0) is 20.7. The minimum atomic E-state index is -0.554. The lowest BCUT2D eigenvalue weighted by molar-refractivity contribution is -0.129. The number of carbonyl (C=O) groups excluding carboxylic acids is 2. The summed E-state index contributed by atoms with van der Waals surface area (Å²) in [4.78, 5) is 28.6. The van der Waals surface area contributed by atoms with Gasteiger partial charge in [-0.3, -0.25) is 14.5 Å². The van der Waals surface area contributed by atoms with Crippen molar-refractivity contribution in [2.45, 2.75) is 49.5 Å². The Kier molecular flexibility index (Phi) is 5.36. The number of anilines is 1. The lowest BCUT2D eigenvalue weighted by atomic mass is 9.97. The van der Waals surface area contributed by atoms with Crippen molar-refractivity contribution >= 4 is 40.7 Å². The van der Waals surface area contributed by atoms with Gasteiger partial charge in [0.25, 0.3) is 5.91 Å². The maximum atomic E-state index is 13.1. The highest BCUT2D eigenvalue weighted by Crippen LogP contribution is 2.44. The van der Waals surface area contributed by atoms with E-state index in [0.29, 0.717) is 17.2 Å². The lowest BCUT2D eigenvalue weighted by Crippen LogP contribution is -2.45. The largest absolute Gasteiger partial charge is 0.503 e. The molecule has 6 nitrogen and oxygen atoms in total. The predicted molar refractivity (Wildman–Crippen MR) is 112 cm³/mol. The average Bonchev–Trinajstić information content (AvgIpc) is 3.36. The number of thioether (sulfide) groups is 1. The van der Waals surface area contributed by atoms with Crippen LogP contribution >= 0.6 is 23.4 Å². The van der Waals surface area contributed by atoms with E-state index in [4.69, 9.17) is 16.0 Å². The number of hydrogen-bond donors (Lipinski definition) is 2. The van der Waals surface area contributed by atoms with Gasteiger partial charge >= 0.3 is 0 Å². The van der Waals surface area contributed by atoms with Crippen molar-refractivity contribution in [3.05, 3.63) is 58.2 Å². The van der Waals surface area contributed by atoms with Crippen LogP contribution in [-0.4, -0.2) is 33.2 Å². The Morgan fingerprint density at radius 2 is 2.14 bits per heavy atom. The SMILES string of the molecule is CCCCC1C(C(=O)c2ccc(C)o2)=C(O)C(=O)N1C1Nc2ccc(Cl)cc2S1. The molecule has 4 rings (SSSR count). The minimum absolute atomic E-state index is 0.106. The zero-order valence-corrected chi connectivity index (χ0v) is 17.6. The summed E-state index contributed by atoms with van der Waals surface area (Å²) in [5.74, 6) is -0.776. The van der Waals surface area contributed by atoms with Crippen LogP contribution in [0.15, 0.2) is 51.0 Å². The topological polar surface area (TPSA) is 82.8 Å². The second-order valence-corrected chi connectivity index (χ2v) is 8.69. The van der Waals surface area contributed by atoms with Crippen molar-refractivity contribution in [3.63, 3.8) is 0 Å². The number of aliphatic hydroxyl groups is 1. The Balaban J connectivity index is 1.66. The quantitative estimate of drug-likeness (QED) is 0.615. The Morgan fingerprint density at radius 1 is 1.34 bits per heavy atom. The van der Waals surface area contributed by atoms with Crippen molar-refractivity contribution in [1.82, 2.24) is 4.90 Å². The molecule has 0 saturated carbocycles. The number of benzene rings is 1. The van der Waals surface area contributed by atoms with Crippen LogP contribution in [0.4, 0.5) is 5.69 Å². The molecule has 2 unspecified atom stereocenters. The fraction of sp³-hybridized carbons (Fsp3) is 0.333. The highest BCUT2D eigenvalue weighted by molar-refractivity contribution is 8.00. The van der Waals surface area contributed by atoms with Gasteiger partial charge in [-0.05, 0) is 43.7 Å². The second kappa shape index (κ2) is 7.80. The van der Waals surface area contributed by atoms with Crippen molar-refractivity contribution in [2.24, 2.45) is 0 Å². The number of fused-ring (bicyclic) bond motifs is 1. The van der Waals surface area contributed by atoms with Gasteiger partial charge in [0, 0.05) is 9.92 Å². The summed E-state index contributed by atoms with van der Waals surface area (Å²) in [5, 5.41) is 14.5. The first kappa shape index (κ1) is 19.9. The number of hydrogen-bond acceptors (Lipinski definition) is 6. The summed E-state index contributed by atoms with van der Waals surface area (Å²) in [7, 11) is 0. The summed E-state index contributed by atoms with van der Waals surface area (Å²) in [6, 6.07) is 8.20. The molecule has 0 saturated heterocycles. The lowest BCUT2D eigenvalue weighted by Gasteiger charge is -2.31. The molecule has 0 spiro atoms. The van der Waals surface area contributed by atoms with Crippen molar-refractivity contribution in [3.8, 4) is 0 Å². The van der Waals surface area contributed by atoms with Gasteiger partial charge < -0.3 is 14.8 Å². The number of halogens is 1. The molecule has 1 amide bonds. The number of unbranched alkanes of at least 4 members (excludes halogenated alkanes) is 1. The molecule has 0 fully saturated rings. The van der Waals surface area contributed by atoms with Crippen LogP contribution in [0.5, 0.6) is 0 Å². The molecule has 1 aromatic carbocycles. The van der Waals surface area contributed by atoms with Crippen molar-refractivity contribution < 1.29 is 19.1 Å². The predicted octanol–water partition coefficient (Wildman–Crippen LogP) is 5.14. The van der Waals surface area contributed by atoms with Crippen LogP contribution < -0.4 is 5.32 Å². The van der Waals surface area contributed by atoms with Crippen LogP contribution in [0.25, 0.3) is 0 Å². The Bertz CT molecular complexity index is 1020. The molecule has 8 heteroatoms. The molecule has 2 atom stereocenters. The maximum absolute atomic E-state index is 13.1. The van der Waals surface area contributed by atoms with Crippen LogP contribution in [-0.2, 0) is 4.79 Å². The number of aryl methyl sites for hydroxylation is 1. The van der Waals surface area contributed by atoms with E-state index in [0.717, 1.165) is 23.4 Å². The molecule has 152 valence electrons. The number of amides is 1. The van der Waals surface area contributed by atoms with E-state index in [1.54, 1.807) is 30.0 Å². The third-order valence-electron chi connectivity index (χ3n) is 5.11. The smallest absolute Gasteiger partial charge is 0.292 e. The number of nitrogens with zero attached hydrogens (tertiary/aromatic N) is 1. The van der Waals surface area contributed by atoms with Gasteiger partial charge in [-0.15, -0.1) is 0 Å². The first-order valence-corrected chi connectivity index (χ1v) is 10.8. The summed E-state index contributed by atoms with van der Waals surface area (Å²) in [6.45, 7) is 3.79. The van der Waals surface area contributed by atoms with Crippen molar-refractivity contribution in [2.75, 3.05) is 5.32 Å². The standard InChI is InChI=1S/C21H21ClN2O4S/c1-3-4-5-14-17(18(25)15-9-6-11(2)28-15)19(26)20(27)24(14)21-23-13-8-7-12(22)10-16(13)29-21/h6-10,14,21,23,26H,3-5H2,1-2H3. The molecular formula is C21H21ClN2O4S. The molecule has 1 aromatic heterocycles. The number of aliphatic hydroxyl groups excluding tert-OH is 1. The van der Waals surface area contributed by atoms with E-state index >= 15 is 0 Å². The number of nitrogens with one attached hydrogen (secondary N) is 1. The van der Waals surface area contributed by atoms with Gasteiger partial charge in [0.15, 0.2) is 17.0 Å². The van der Waals surface area contributed by atoms with E-state index in [1.807, 2.05) is 19.1 Å². The summed E-state index contributed by atoms with van der Waals surface area (Å²) < 4.78 is 5.46. The van der Waals surface area contributed by atoms with Crippen LogP contribution in [0.2, 0.25) is 5.02 Å². The molecule has 0 aliphatic carbocycles. The van der Waals surface area contributed by atoms with E-state index in [1.165, 1.54) is 11.8 Å². The zero-order valence-electron chi connectivity index (χ0n) is 16.1. The van der Waals surface area contributed by atoms with Crippen LogP contribution in [0.3, 0.4) is 0 Å². The van der Waals surface area contributed by atoms with Crippen molar-refractivity contribution in [1.29, 1.82) is 0 Å². The van der Waals surface area contributed by atoms with E-state index in [2.05, 4.69) is 5.32 Å². The normalized spacial score (nSPS) is 20.9.